The molecule has 1 aliphatic rings. The Bertz CT molecular complexity index is 898. The van der Waals surface area contributed by atoms with Gasteiger partial charge in [-0.05, 0) is 42.3 Å². The van der Waals surface area contributed by atoms with Gasteiger partial charge in [0.25, 0.3) is 5.91 Å². The molecule has 1 amide bonds. The van der Waals surface area contributed by atoms with Gasteiger partial charge in [-0.2, -0.15) is 0 Å². The predicted molar refractivity (Wildman–Crippen MR) is 104 cm³/mol. The van der Waals surface area contributed by atoms with E-state index in [9.17, 15) is 13.2 Å². The summed E-state index contributed by atoms with van der Waals surface area (Å²) in [5, 5.41) is 2.92. The van der Waals surface area contributed by atoms with Crippen molar-refractivity contribution in [1.29, 1.82) is 0 Å². The lowest BCUT2D eigenvalue weighted by molar-refractivity contribution is 0.0954. The summed E-state index contributed by atoms with van der Waals surface area (Å²) in [6.45, 7) is 1.65. The van der Waals surface area contributed by atoms with Gasteiger partial charge in [0, 0.05) is 37.9 Å². The molecule has 6 nitrogen and oxygen atoms in total. The second-order valence-corrected chi connectivity index (χ2v) is 8.35. The van der Waals surface area contributed by atoms with E-state index in [1.54, 1.807) is 18.2 Å². The van der Waals surface area contributed by atoms with Crippen LogP contribution < -0.4 is 14.5 Å². The first-order valence-corrected chi connectivity index (χ1v) is 10.4. The van der Waals surface area contributed by atoms with Crippen LogP contribution in [0.4, 0.5) is 11.4 Å². The highest BCUT2D eigenvalue weighted by atomic mass is 32.2. The van der Waals surface area contributed by atoms with Crippen molar-refractivity contribution in [3.8, 4) is 0 Å². The standard InChI is InChI=1S/C19H23N3O3S/c1-21(17-6-4-3-5-7-17)13-11-20-19(23)16-8-9-18-15(14-16)10-12-22(18)26(2,24)25/h3-9,14H,10-13H2,1-2H3,(H,20,23). The highest BCUT2D eigenvalue weighted by Gasteiger charge is 2.26. The fourth-order valence-corrected chi connectivity index (χ4v) is 4.07. The van der Waals surface area contributed by atoms with Crippen LogP contribution in [-0.2, 0) is 16.4 Å². The predicted octanol–water partition coefficient (Wildman–Crippen LogP) is 1.87. The van der Waals surface area contributed by atoms with E-state index in [2.05, 4.69) is 10.2 Å². The summed E-state index contributed by atoms with van der Waals surface area (Å²) in [7, 11) is -1.29. The molecule has 0 aliphatic carbocycles. The second kappa shape index (κ2) is 7.37. The number of nitrogens with zero attached hydrogens (tertiary/aromatic N) is 2. The number of hydrogen-bond donors (Lipinski definition) is 1. The Morgan fingerprint density at radius 2 is 1.92 bits per heavy atom. The van der Waals surface area contributed by atoms with Crippen molar-refractivity contribution in [2.24, 2.45) is 0 Å². The van der Waals surface area contributed by atoms with Gasteiger partial charge in [-0.3, -0.25) is 9.10 Å². The number of nitrogens with one attached hydrogen (secondary N) is 1. The Balaban J connectivity index is 1.59. The number of benzene rings is 2. The summed E-state index contributed by atoms with van der Waals surface area (Å²) in [5.41, 5.74) is 3.22. The molecule has 0 saturated carbocycles. The number of fused-ring (bicyclic) bond motifs is 1. The summed E-state index contributed by atoms with van der Waals surface area (Å²) >= 11 is 0. The molecule has 3 rings (SSSR count). The van der Waals surface area contributed by atoms with Gasteiger partial charge in [0.1, 0.15) is 0 Å². The van der Waals surface area contributed by atoms with E-state index in [1.807, 2.05) is 37.4 Å². The van der Waals surface area contributed by atoms with Gasteiger partial charge < -0.3 is 10.2 Å². The van der Waals surface area contributed by atoms with Crippen LogP contribution in [0.2, 0.25) is 0 Å². The third kappa shape index (κ3) is 3.99. The number of rotatable bonds is 6. The topological polar surface area (TPSA) is 69.7 Å². The molecule has 1 N–H and O–H groups in total. The molecule has 0 saturated heterocycles. The Morgan fingerprint density at radius 3 is 2.62 bits per heavy atom. The average Bonchev–Trinajstić information content (AvgIpc) is 3.05. The van der Waals surface area contributed by atoms with Crippen molar-refractivity contribution < 1.29 is 13.2 Å². The maximum absolute atomic E-state index is 12.4. The number of hydrogen-bond acceptors (Lipinski definition) is 4. The number of likely N-dealkylation sites (N-methyl/N-ethyl adjacent to an activating group) is 1. The number of sulfonamides is 1. The molecule has 0 bridgehead atoms. The highest BCUT2D eigenvalue weighted by Crippen LogP contribution is 2.30. The summed E-state index contributed by atoms with van der Waals surface area (Å²) in [5.74, 6) is -0.146. The van der Waals surface area contributed by atoms with Crippen molar-refractivity contribution in [3.05, 3.63) is 59.7 Å². The molecule has 0 spiro atoms. The Morgan fingerprint density at radius 1 is 1.19 bits per heavy atom. The van der Waals surface area contributed by atoms with E-state index >= 15 is 0 Å². The number of carbonyl (C=O) groups excluding carboxylic acids is 1. The normalized spacial score (nSPS) is 13.4. The maximum atomic E-state index is 12.4. The van der Waals surface area contributed by atoms with Crippen molar-refractivity contribution in [2.45, 2.75) is 6.42 Å². The zero-order valence-corrected chi connectivity index (χ0v) is 15.8. The molecule has 0 radical (unpaired) electrons. The molecule has 0 unspecified atom stereocenters. The summed E-state index contributed by atoms with van der Waals surface area (Å²) in [6, 6.07) is 15.2. The monoisotopic (exact) mass is 373 g/mol. The van der Waals surface area contributed by atoms with Gasteiger partial charge in [0.2, 0.25) is 10.0 Å². The lowest BCUT2D eigenvalue weighted by Crippen LogP contribution is -2.33. The van der Waals surface area contributed by atoms with Crippen LogP contribution >= 0.6 is 0 Å². The van der Waals surface area contributed by atoms with Crippen LogP contribution in [0.3, 0.4) is 0 Å². The Labute approximate surface area is 154 Å². The third-order valence-electron chi connectivity index (χ3n) is 4.52. The van der Waals surface area contributed by atoms with Crippen LogP contribution in [0.5, 0.6) is 0 Å². The molecular weight excluding hydrogens is 350 g/mol. The Kier molecular flexibility index (Phi) is 5.18. The van der Waals surface area contributed by atoms with Gasteiger partial charge in [0.15, 0.2) is 0 Å². The van der Waals surface area contributed by atoms with Crippen molar-refractivity contribution in [1.82, 2.24) is 5.32 Å². The lowest BCUT2D eigenvalue weighted by Gasteiger charge is -2.19. The number of amides is 1. The average molecular weight is 373 g/mol. The van der Waals surface area contributed by atoms with Crippen LogP contribution in [0.15, 0.2) is 48.5 Å². The Hall–Kier alpha value is -2.54. The number of para-hydroxylation sites is 1. The fraction of sp³-hybridized carbons (Fsp3) is 0.316. The van der Waals surface area contributed by atoms with E-state index < -0.39 is 10.0 Å². The van der Waals surface area contributed by atoms with Crippen LogP contribution in [0, 0.1) is 0 Å². The van der Waals surface area contributed by atoms with Gasteiger partial charge in [-0.15, -0.1) is 0 Å². The number of carbonyl (C=O) groups is 1. The zero-order valence-electron chi connectivity index (χ0n) is 15.0. The largest absolute Gasteiger partial charge is 0.373 e. The molecule has 138 valence electrons. The van der Waals surface area contributed by atoms with Gasteiger partial charge >= 0.3 is 0 Å². The first-order valence-electron chi connectivity index (χ1n) is 8.51. The maximum Gasteiger partial charge on any atom is 0.251 e. The van der Waals surface area contributed by atoms with E-state index in [1.165, 1.54) is 10.6 Å². The third-order valence-corrected chi connectivity index (χ3v) is 5.70. The molecule has 1 aliphatic heterocycles. The highest BCUT2D eigenvalue weighted by molar-refractivity contribution is 7.92. The quantitative estimate of drug-likeness (QED) is 0.839. The second-order valence-electron chi connectivity index (χ2n) is 6.44. The molecule has 0 aromatic heterocycles. The van der Waals surface area contributed by atoms with E-state index in [-0.39, 0.29) is 5.91 Å². The first-order chi connectivity index (χ1) is 12.4. The minimum atomic E-state index is -3.27. The molecule has 7 heteroatoms. The minimum Gasteiger partial charge on any atom is -0.373 e. The molecular formula is C19H23N3O3S. The zero-order chi connectivity index (χ0) is 18.7. The molecule has 2 aromatic rings. The van der Waals surface area contributed by atoms with Crippen molar-refractivity contribution in [2.75, 3.05) is 42.1 Å². The van der Waals surface area contributed by atoms with Crippen molar-refractivity contribution >= 4 is 27.3 Å². The number of anilines is 2. The van der Waals surface area contributed by atoms with Gasteiger partial charge in [0.05, 0.1) is 11.9 Å². The van der Waals surface area contributed by atoms with E-state index in [0.717, 1.165) is 11.3 Å². The van der Waals surface area contributed by atoms with Crippen LogP contribution in [-0.4, -0.2) is 47.3 Å². The molecule has 1 heterocycles. The molecule has 0 atom stereocenters. The smallest absolute Gasteiger partial charge is 0.251 e. The van der Waals surface area contributed by atoms with Crippen LogP contribution in [0.1, 0.15) is 15.9 Å². The lowest BCUT2D eigenvalue weighted by atomic mass is 10.1. The van der Waals surface area contributed by atoms with Gasteiger partial charge in [-0.25, -0.2) is 8.42 Å². The van der Waals surface area contributed by atoms with E-state index in [0.29, 0.717) is 37.3 Å². The van der Waals surface area contributed by atoms with Crippen molar-refractivity contribution in [3.63, 3.8) is 0 Å². The van der Waals surface area contributed by atoms with Gasteiger partial charge in [-0.1, -0.05) is 18.2 Å². The summed E-state index contributed by atoms with van der Waals surface area (Å²) < 4.78 is 24.9. The fourth-order valence-electron chi connectivity index (χ4n) is 3.11. The SMILES string of the molecule is CN(CCNC(=O)c1ccc2c(c1)CCN2S(C)(=O)=O)c1ccccc1. The summed E-state index contributed by atoms with van der Waals surface area (Å²) in [6.07, 6.45) is 1.83. The molecule has 2 aromatic carbocycles. The first kappa shape index (κ1) is 18.3. The minimum absolute atomic E-state index is 0.146. The van der Waals surface area contributed by atoms with E-state index in [4.69, 9.17) is 0 Å². The molecule has 26 heavy (non-hydrogen) atoms. The molecule has 0 fully saturated rings. The van der Waals surface area contributed by atoms with Crippen LogP contribution in [0.25, 0.3) is 0 Å². The summed E-state index contributed by atoms with van der Waals surface area (Å²) in [4.78, 5) is 14.5.